The summed E-state index contributed by atoms with van der Waals surface area (Å²) in [6, 6.07) is 17.5. The Bertz CT molecular complexity index is 1790. The van der Waals surface area contributed by atoms with E-state index in [9.17, 15) is 18.0 Å². The van der Waals surface area contributed by atoms with Crippen molar-refractivity contribution >= 4 is 49.3 Å². The molecule has 14 heteroatoms. The second-order valence-corrected chi connectivity index (χ2v) is 12.9. The van der Waals surface area contributed by atoms with Crippen molar-refractivity contribution in [2.45, 2.75) is 24.3 Å². The first-order valence-corrected chi connectivity index (χ1v) is 15.9. The molecule has 1 atom stereocenters. The van der Waals surface area contributed by atoms with Gasteiger partial charge in [-0.3, -0.25) is 4.79 Å². The van der Waals surface area contributed by atoms with Crippen LogP contribution in [-0.2, 0) is 26.1 Å². The van der Waals surface area contributed by atoms with Crippen LogP contribution < -0.4 is 20.5 Å². The molecule has 4 N–H and O–H groups in total. The number of thiazole rings is 1. The number of amidine groups is 1. The number of oxime groups is 1. The summed E-state index contributed by atoms with van der Waals surface area (Å²) in [5.41, 5.74) is 8.13. The van der Waals surface area contributed by atoms with Gasteiger partial charge in [-0.05, 0) is 68.5 Å². The SMILES string of the molecule is COc1ccc2nc(C(Cc3cccc(C(N)=NOC(C)=O)c3)NS(=O)(=O)c3cccc(C(=O)NCCN(C)C)c3)sc2c1. The van der Waals surface area contributed by atoms with Crippen molar-refractivity contribution in [2.24, 2.45) is 10.9 Å². The summed E-state index contributed by atoms with van der Waals surface area (Å²) in [4.78, 5) is 35.1. The minimum atomic E-state index is -4.11. The number of nitrogens with two attached hydrogens (primary N) is 1. The van der Waals surface area contributed by atoms with E-state index in [1.165, 1.54) is 36.5 Å². The predicted molar refractivity (Wildman–Crippen MR) is 169 cm³/mol. The van der Waals surface area contributed by atoms with Crippen molar-refractivity contribution < 1.29 is 27.6 Å². The standard InChI is InChI=1S/C30H34N6O6S2/c1-19(37)42-34-28(31)21-8-5-7-20(15-21)16-26(30-33-25-12-11-23(41-4)18-27(25)43-30)35-44(39,40)24-10-6-9-22(17-24)29(38)32-13-14-36(2)3/h5-12,15,17-18,26,35H,13-14,16H2,1-4H3,(H2,31,34)(H,32,38). The fraction of sp³-hybridized carbons (Fsp3) is 0.267. The molecule has 0 aliphatic heterocycles. The number of aromatic nitrogens is 1. The lowest BCUT2D eigenvalue weighted by atomic mass is 10.0. The molecule has 4 rings (SSSR count). The van der Waals surface area contributed by atoms with Crippen LogP contribution >= 0.6 is 11.3 Å². The molecule has 0 saturated heterocycles. The predicted octanol–water partition coefficient (Wildman–Crippen LogP) is 3.04. The van der Waals surface area contributed by atoms with Gasteiger partial charge in [0.2, 0.25) is 10.0 Å². The Balaban J connectivity index is 1.66. The first-order valence-electron chi connectivity index (χ1n) is 13.6. The second-order valence-electron chi connectivity index (χ2n) is 10.1. The van der Waals surface area contributed by atoms with Gasteiger partial charge in [-0.2, -0.15) is 0 Å². The molecule has 0 radical (unpaired) electrons. The van der Waals surface area contributed by atoms with Gasteiger partial charge in [-0.25, -0.2) is 22.9 Å². The lowest BCUT2D eigenvalue weighted by Crippen LogP contribution is -2.32. The van der Waals surface area contributed by atoms with Gasteiger partial charge in [0.15, 0.2) is 5.84 Å². The van der Waals surface area contributed by atoms with Crippen molar-refractivity contribution in [1.29, 1.82) is 0 Å². The fourth-order valence-electron chi connectivity index (χ4n) is 4.19. The normalized spacial score (nSPS) is 12.7. The minimum Gasteiger partial charge on any atom is -0.497 e. The second kappa shape index (κ2) is 14.4. The molecule has 1 heterocycles. The molecule has 0 fully saturated rings. The lowest BCUT2D eigenvalue weighted by molar-refractivity contribution is -0.140. The topological polar surface area (TPSA) is 165 Å². The number of rotatable bonds is 13. The van der Waals surface area contributed by atoms with Crippen LogP contribution in [-0.4, -0.2) is 70.3 Å². The number of likely N-dealkylation sites (N-methyl/N-ethyl adjacent to an activating group) is 1. The van der Waals surface area contributed by atoms with Crippen LogP contribution in [0.4, 0.5) is 0 Å². The first kappa shape index (κ1) is 32.5. The van der Waals surface area contributed by atoms with E-state index in [2.05, 4.69) is 20.0 Å². The number of benzene rings is 3. The van der Waals surface area contributed by atoms with Gasteiger partial charge in [0, 0.05) is 31.1 Å². The quantitative estimate of drug-likeness (QED) is 0.0864. The average Bonchev–Trinajstić information content (AvgIpc) is 3.43. The van der Waals surface area contributed by atoms with Crippen molar-refractivity contribution in [3.05, 3.63) is 88.4 Å². The van der Waals surface area contributed by atoms with Crippen molar-refractivity contribution in [3.63, 3.8) is 0 Å². The van der Waals surface area contributed by atoms with Crippen molar-refractivity contribution in [3.8, 4) is 5.75 Å². The Kier molecular flexibility index (Phi) is 10.7. The Morgan fingerprint density at radius 3 is 2.55 bits per heavy atom. The largest absolute Gasteiger partial charge is 0.497 e. The Hall–Kier alpha value is -4.37. The Labute approximate surface area is 259 Å². The van der Waals surface area contributed by atoms with Crippen LogP contribution in [0.25, 0.3) is 10.2 Å². The summed E-state index contributed by atoms with van der Waals surface area (Å²) in [6.45, 7) is 2.27. The summed E-state index contributed by atoms with van der Waals surface area (Å²) in [7, 11) is 1.24. The monoisotopic (exact) mass is 638 g/mol. The lowest BCUT2D eigenvalue weighted by Gasteiger charge is -2.18. The number of hydrogen-bond donors (Lipinski definition) is 3. The van der Waals surface area contributed by atoms with Crippen LogP contribution in [0.15, 0.2) is 76.8 Å². The van der Waals surface area contributed by atoms with Gasteiger partial charge in [0.25, 0.3) is 5.91 Å². The molecule has 44 heavy (non-hydrogen) atoms. The molecule has 1 aromatic heterocycles. The molecule has 0 spiro atoms. The molecule has 0 saturated carbocycles. The number of nitrogens with zero attached hydrogens (tertiary/aromatic N) is 3. The molecule has 12 nitrogen and oxygen atoms in total. The van der Waals surface area contributed by atoms with Gasteiger partial charge in [-0.15, -0.1) is 11.3 Å². The zero-order chi connectivity index (χ0) is 31.9. The number of ether oxygens (including phenoxy) is 1. The third-order valence-electron chi connectivity index (χ3n) is 6.39. The van der Waals surface area contributed by atoms with Crippen molar-refractivity contribution in [2.75, 3.05) is 34.3 Å². The van der Waals surface area contributed by atoms with E-state index in [4.69, 9.17) is 15.5 Å². The van der Waals surface area contributed by atoms with Gasteiger partial charge < -0.3 is 25.5 Å². The highest BCUT2D eigenvalue weighted by atomic mass is 32.2. The first-order chi connectivity index (χ1) is 20.9. The zero-order valence-corrected chi connectivity index (χ0v) is 26.4. The van der Waals surface area contributed by atoms with Gasteiger partial charge in [0.1, 0.15) is 10.8 Å². The maximum atomic E-state index is 13.7. The Morgan fingerprint density at radius 2 is 1.82 bits per heavy atom. The van der Waals surface area contributed by atoms with E-state index in [1.807, 2.05) is 37.2 Å². The summed E-state index contributed by atoms with van der Waals surface area (Å²) >= 11 is 1.34. The molecule has 4 aromatic rings. The van der Waals surface area contributed by atoms with Crippen LogP contribution in [0.2, 0.25) is 0 Å². The molecule has 3 aromatic carbocycles. The zero-order valence-electron chi connectivity index (χ0n) is 24.7. The smallest absolute Gasteiger partial charge is 0.332 e. The van der Waals surface area contributed by atoms with Crippen LogP contribution in [0, 0.1) is 0 Å². The fourth-order valence-corrected chi connectivity index (χ4v) is 6.56. The third-order valence-corrected chi connectivity index (χ3v) is 9.00. The minimum absolute atomic E-state index is 0.00747. The van der Waals surface area contributed by atoms with Gasteiger partial charge in [-0.1, -0.05) is 29.4 Å². The highest BCUT2D eigenvalue weighted by Gasteiger charge is 2.26. The highest BCUT2D eigenvalue weighted by Crippen LogP contribution is 2.32. The molecule has 0 bridgehead atoms. The maximum Gasteiger partial charge on any atom is 0.332 e. The van der Waals surface area contributed by atoms with Gasteiger partial charge >= 0.3 is 5.97 Å². The number of hydrogen-bond acceptors (Lipinski definition) is 10. The molecular formula is C30H34N6O6S2. The number of methoxy groups -OCH3 is 1. The molecular weight excluding hydrogens is 605 g/mol. The highest BCUT2D eigenvalue weighted by molar-refractivity contribution is 7.89. The number of carbonyl (C=O) groups excluding carboxylic acids is 2. The third kappa shape index (κ3) is 8.60. The number of carbonyl (C=O) groups is 2. The summed E-state index contributed by atoms with van der Waals surface area (Å²) in [5, 5.41) is 6.97. The van der Waals surface area contributed by atoms with E-state index < -0.39 is 22.0 Å². The summed E-state index contributed by atoms with van der Waals surface area (Å²) in [6.07, 6.45) is 0.204. The molecule has 1 unspecified atom stereocenters. The molecule has 0 aliphatic rings. The van der Waals surface area contributed by atoms with Crippen LogP contribution in [0.3, 0.4) is 0 Å². The van der Waals surface area contributed by atoms with Crippen LogP contribution in [0.5, 0.6) is 5.75 Å². The van der Waals surface area contributed by atoms with E-state index >= 15 is 0 Å². The number of sulfonamides is 1. The number of nitrogens with one attached hydrogen (secondary N) is 2. The van der Waals surface area contributed by atoms with E-state index in [0.717, 1.165) is 10.3 Å². The van der Waals surface area contributed by atoms with E-state index in [-0.39, 0.29) is 28.6 Å². The van der Waals surface area contributed by atoms with Crippen LogP contribution in [0.1, 0.15) is 39.5 Å². The molecule has 0 aliphatic carbocycles. The Morgan fingerprint density at radius 1 is 1.07 bits per heavy atom. The van der Waals surface area contributed by atoms with E-state index in [1.54, 1.807) is 37.4 Å². The number of amides is 1. The number of fused-ring (bicyclic) bond motifs is 1. The molecule has 1 amide bonds. The van der Waals surface area contributed by atoms with Gasteiger partial charge in [0.05, 0.1) is 28.3 Å². The van der Waals surface area contributed by atoms with Crippen molar-refractivity contribution in [1.82, 2.24) is 19.9 Å². The van der Waals surface area contributed by atoms with E-state index in [0.29, 0.717) is 34.9 Å². The summed E-state index contributed by atoms with van der Waals surface area (Å²) in [5.74, 6) is -0.334. The molecule has 232 valence electrons. The maximum absolute atomic E-state index is 13.7. The average molecular weight is 639 g/mol. The summed E-state index contributed by atoms with van der Waals surface area (Å²) < 4.78 is 36.5.